The van der Waals surface area contributed by atoms with E-state index < -0.39 is 0 Å². The molecule has 0 spiro atoms. The SMILES string of the molecule is N=C(N)c1ccc(OCCN2CCCC(CO)C2)cc1. The lowest BCUT2D eigenvalue weighted by Crippen LogP contribution is -2.39. The summed E-state index contributed by atoms with van der Waals surface area (Å²) in [6.45, 7) is 3.85. The molecule has 0 radical (unpaired) electrons. The Morgan fingerprint density at radius 3 is 2.80 bits per heavy atom. The number of rotatable bonds is 6. The quantitative estimate of drug-likeness (QED) is 0.536. The van der Waals surface area contributed by atoms with Gasteiger partial charge in [-0.3, -0.25) is 10.3 Å². The van der Waals surface area contributed by atoms with Crippen LogP contribution in [0.3, 0.4) is 0 Å². The van der Waals surface area contributed by atoms with E-state index in [4.69, 9.17) is 15.9 Å². The van der Waals surface area contributed by atoms with E-state index in [2.05, 4.69) is 4.90 Å². The molecule has 4 N–H and O–H groups in total. The minimum atomic E-state index is 0.0694. The zero-order valence-corrected chi connectivity index (χ0v) is 11.7. The van der Waals surface area contributed by atoms with E-state index in [0.717, 1.165) is 38.2 Å². The molecule has 20 heavy (non-hydrogen) atoms. The Morgan fingerprint density at radius 2 is 2.15 bits per heavy atom. The predicted octanol–water partition coefficient (Wildman–Crippen LogP) is 1.05. The van der Waals surface area contributed by atoms with Crippen LogP contribution in [-0.2, 0) is 0 Å². The van der Waals surface area contributed by atoms with E-state index in [1.165, 1.54) is 0 Å². The van der Waals surface area contributed by atoms with Gasteiger partial charge in [-0.15, -0.1) is 0 Å². The van der Waals surface area contributed by atoms with E-state index >= 15 is 0 Å². The Morgan fingerprint density at radius 1 is 1.40 bits per heavy atom. The monoisotopic (exact) mass is 277 g/mol. The number of amidine groups is 1. The largest absolute Gasteiger partial charge is 0.492 e. The Labute approximate surface area is 119 Å². The van der Waals surface area contributed by atoms with Crippen molar-refractivity contribution in [2.45, 2.75) is 12.8 Å². The van der Waals surface area contributed by atoms with Crippen LogP contribution in [0.4, 0.5) is 0 Å². The number of nitrogen functional groups attached to an aromatic ring is 1. The zero-order valence-electron chi connectivity index (χ0n) is 11.7. The van der Waals surface area contributed by atoms with Crippen LogP contribution in [0, 0.1) is 11.3 Å². The fraction of sp³-hybridized carbons (Fsp3) is 0.533. The Kier molecular flexibility index (Phi) is 5.38. The van der Waals surface area contributed by atoms with Gasteiger partial charge in [0, 0.05) is 25.3 Å². The smallest absolute Gasteiger partial charge is 0.122 e. The summed E-state index contributed by atoms with van der Waals surface area (Å²) in [5.74, 6) is 1.28. The molecule has 0 saturated carbocycles. The van der Waals surface area contributed by atoms with Gasteiger partial charge in [-0.25, -0.2) is 0 Å². The van der Waals surface area contributed by atoms with E-state index in [0.29, 0.717) is 18.1 Å². The maximum Gasteiger partial charge on any atom is 0.122 e. The predicted molar refractivity (Wildman–Crippen MR) is 79.2 cm³/mol. The minimum absolute atomic E-state index is 0.0694. The van der Waals surface area contributed by atoms with Gasteiger partial charge >= 0.3 is 0 Å². The summed E-state index contributed by atoms with van der Waals surface area (Å²) in [6.07, 6.45) is 2.28. The molecule has 2 rings (SSSR count). The van der Waals surface area contributed by atoms with Gasteiger partial charge in [0.2, 0.25) is 0 Å². The topological polar surface area (TPSA) is 82.6 Å². The van der Waals surface area contributed by atoms with Crippen LogP contribution in [0.1, 0.15) is 18.4 Å². The first-order valence-electron chi connectivity index (χ1n) is 7.09. The van der Waals surface area contributed by atoms with Crippen LogP contribution in [0.5, 0.6) is 5.75 Å². The van der Waals surface area contributed by atoms with Crippen LogP contribution < -0.4 is 10.5 Å². The molecule has 1 unspecified atom stereocenters. The van der Waals surface area contributed by atoms with Crippen molar-refractivity contribution in [2.24, 2.45) is 11.7 Å². The summed E-state index contributed by atoms with van der Waals surface area (Å²) in [6, 6.07) is 7.26. The van der Waals surface area contributed by atoms with Gasteiger partial charge in [0.05, 0.1) is 0 Å². The third kappa shape index (κ3) is 4.21. The first kappa shape index (κ1) is 14.8. The number of aliphatic hydroxyl groups excluding tert-OH is 1. The minimum Gasteiger partial charge on any atom is -0.492 e. The van der Waals surface area contributed by atoms with Gasteiger partial charge in [-0.1, -0.05) is 0 Å². The molecule has 0 amide bonds. The van der Waals surface area contributed by atoms with Crippen LogP contribution in [0.25, 0.3) is 0 Å². The molecule has 1 aromatic rings. The molecular weight excluding hydrogens is 254 g/mol. The lowest BCUT2D eigenvalue weighted by molar-refractivity contribution is 0.107. The first-order valence-corrected chi connectivity index (χ1v) is 7.09. The molecule has 1 aliphatic rings. The molecule has 1 heterocycles. The van der Waals surface area contributed by atoms with Gasteiger partial charge in [0.25, 0.3) is 0 Å². The number of nitrogens with one attached hydrogen (secondary N) is 1. The first-order chi connectivity index (χ1) is 9.69. The van der Waals surface area contributed by atoms with Crippen molar-refractivity contribution in [1.82, 2.24) is 4.90 Å². The zero-order chi connectivity index (χ0) is 14.4. The van der Waals surface area contributed by atoms with E-state index in [-0.39, 0.29) is 12.4 Å². The summed E-state index contributed by atoms with van der Waals surface area (Å²) in [7, 11) is 0. The van der Waals surface area contributed by atoms with E-state index in [1.54, 1.807) is 12.1 Å². The molecule has 0 aromatic heterocycles. The average molecular weight is 277 g/mol. The van der Waals surface area contributed by atoms with Gasteiger partial charge in [0.1, 0.15) is 18.2 Å². The second-order valence-corrected chi connectivity index (χ2v) is 5.28. The lowest BCUT2D eigenvalue weighted by atomic mass is 9.99. The standard InChI is InChI=1S/C15H23N3O2/c16-15(17)13-3-5-14(6-4-13)20-9-8-18-7-1-2-12(10-18)11-19/h3-6,12,19H,1-2,7-11H2,(H3,16,17). The molecule has 1 fully saturated rings. The maximum absolute atomic E-state index is 9.20. The molecule has 5 nitrogen and oxygen atoms in total. The van der Waals surface area contributed by atoms with Gasteiger partial charge in [0.15, 0.2) is 0 Å². The second-order valence-electron chi connectivity index (χ2n) is 5.28. The highest BCUT2D eigenvalue weighted by Crippen LogP contribution is 2.16. The second kappa shape index (κ2) is 7.26. The molecule has 0 bridgehead atoms. The summed E-state index contributed by atoms with van der Waals surface area (Å²) in [5.41, 5.74) is 6.11. The molecule has 110 valence electrons. The lowest BCUT2D eigenvalue weighted by Gasteiger charge is -2.31. The molecule has 5 heteroatoms. The van der Waals surface area contributed by atoms with E-state index in [9.17, 15) is 5.11 Å². The van der Waals surface area contributed by atoms with Gasteiger partial charge in [-0.2, -0.15) is 0 Å². The number of nitrogens with two attached hydrogens (primary N) is 1. The number of likely N-dealkylation sites (tertiary alicyclic amines) is 1. The highest BCUT2D eigenvalue weighted by molar-refractivity contribution is 5.94. The van der Waals surface area contributed by atoms with Gasteiger partial charge < -0.3 is 15.6 Å². The summed E-state index contributed by atoms with van der Waals surface area (Å²) in [5, 5.41) is 16.5. The van der Waals surface area contributed by atoms with Crippen molar-refractivity contribution < 1.29 is 9.84 Å². The Hall–Kier alpha value is -1.59. The molecule has 1 aromatic carbocycles. The van der Waals surface area contributed by atoms with Gasteiger partial charge in [-0.05, 0) is 49.6 Å². The van der Waals surface area contributed by atoms with Crippen molar-refractivity contribution >= 4 is 5.84 Å². The third-order valence-electron chi connectivity index (χ3n) is 3.70. The number of benzene rings is 1. The van der Waals surface area contributed by atoms with Crippen molar-refractivity contribution in [3.8, 4) is 5.75 Å². The molecular formula is C15H23N3O2. The average Bonchev–Trinajstić information content (AvgIpc) is 2.48. The summed E-state index contributed by atoms with van der Waals surface area (Å²) in [4.78, 5) is 2.34. The highest BCUT2D eigenvalue weighted by Gasteiger charge is 2.18. The number of piperidine rings is 1. The van der Waals surface area contributed by atoms with Crippen LogP contribution in [0.2, 0.25) is 0 Å². The molecule has 1 saturated heterocycles. The number of ether oxygens (including phenoxy) is 1. The van der Waals surface area contributed by atoms with Crippen molar-refractivity contribution in [2.75, 3.05) is 32.8 Å². The van der Waals surface area contributed by atoms with Crippen molar-refractivity contribution in [3.05, 3.63) is 29.8 Å². The Bertz CT molecular complexity index is 433. The highest BCUT2D eigenvalue weighted by atomic mass is 16.5. The van der Waals surface area contributed by atoms with Crippen molar-refractivity contribution in [1.29, 1.82) is 5.41 Å². The fourth-order valence-electron chi connectivity index (χ4n) is 2.53. The number of nitrogens with zero attached hydrogens (tertiary/aromatic N) is 1. The summed E-state index contributed by atoms with van der Waals surface area (Å²) < 4.78 is 5.70. The third-order valence-corrected chi connectivity index (χ3v) is 3.70. The number of hydrogen-bond acceptors (Lipinski definition) is 4. The van der Waals surface area contributed by atoms with Crippen LogP contribution >= 0.6 is 0 Å². The molecule has 1 atom stereocenters. The molecule has 1 aliphatic heterocycles. The number of hydrogen-bond donors (Lipinski definition) is 3. The number of aliphatic hydroxyl groups is 1. The Balaban J connectivity index is 1.74. The van der Waals surface area contributed by atoms with Crippen LogP contribution in [0.15, 0.2) is 24.3 Å². The fourth-order valence-corrected chi connectivity index (χ4v) is 2.53. The summed E-state index contributed by atoms with van der Waals surface area (Å²) >= 11 is 0. The van der Waals surface area contributed by atoms with Crippen LogP contribution in [-0.4, -0.2) is 48.7 Å². The molecule has 0 aliphatic carbocycles. The normalized spacial score (nSPS) is 19.8. The maximum atomic E-state index is 9.20. The van der Waals surface area contributed by atoms with E-state index in [1.807, 2.05) is 12.1 Å². The van der Waals surface area contributed by atoms with Crippen molar-refractivity contribution in [3.63, 3.8) is 0 Å².